The van der Waals surface area contributed by atoms with Crippen LogP contribution in [-0.4, -0.2) is 12.1 Å². The maximum atomic E-state index is 11.7. The number of carbonyl (C=O) groups is 1. The molecule has 1 saturated carbocycles. The molecule has 0 aliphatic heterocycles. The molecule has 0 atom stereocenters. The molecule has 4 heteroatoms. The fourth-order valence-electron chi connectivity index (χ4n) is 2.18. The number of nitrogens with zero attached hydrogens (tertiary/aromatic N) is 1. The van der Waals surface area contributed by atoms with Gasteiger partial charge in [-0.05, 0) is 31.0 Å². The second kappa shape index (κ2) is 6.06. The molecule has 0 heterocycles. The van der Waals surface area contributed by atoms with Gasteiger partial charge in [0.1, 0.15) is 5.75 Å². The van der Waals surface area contributed by atoms with Crippen molar-refractivity contribution < 1.29 is 9.53 Å². The Hall–Kier alpha value is -2.02. The summed E-state index contributed by atoms with van der Waals surface area (Å²) in [6.45, 7) is 0. The maximum absolute atomic E-state index is 11.7. The highest BCUT2D eigenvalue weighted by Gasteiger charge is 2.16. The minimum Gasteiger partial charge on any atom is -0.410 e. The Labute approximate surface area is 107 Å². The standard InChI is InChI=1S/C14H16N2O2/c15-10-11-5-4-8-13(9-11)18-14(17)16-12-6-2-1-3-7-12/h4-5,8-9,12H,1-3,6-7H2,(H,16,17). The summed E-state index contributed by atoms with van der Waals surface area (Å²) in [6.07, 6.45) is 5.18. The van der Waals surface area contributed by atoms with Gasteiger partial charge in [-0.1, -0.05) is 25.3 Å². The number of rotatable bonds is 2. The molecule has 18 heavy (non-hydrogen) atoms. The summed E-state index contributed by atoms with van der Waals surface area (Å²) in [5.74, 6) is 0.405. The molecule has 0 aromatic heterocycles. The number of carbonyl (C=O) groups excluding carboxylic acids is 1. The quantitative estimate of drug-likeness (QED) is 0.869. The summed E-state index contributed by atoms with van der Waals surface area (Å²) in [5, 5.41) is 11.6. The minimum absolute atomic E-state index is 0.227. The first-order chi connectivity index (χ1) is 8.78. The number of nitriles is 1. The lowest BCUT2D eigenvalue weighted by molar-refractivity contribution is 0.192. The molecule has 4 nitrogen and oxygen atoms in total. The van der Waals surface area contributed by atoms with E-state index in [1.807, 2.05) is 6.07 Å². The molecule has 1 N–H and O–H groups in total. The van der Waals surface area contributed by atoms with Crippen LogP contribution in [0.15, 0.2) is 24.3 Å². The lowest BCUT2D eigenvalue weighted by Gasteiger charge is -2.22. The first-order valence-electron chi connectivity index (χ1n) is 6.26. The van der Waals surface area contributed by atoms with Gasteiger partial charge in [0, 0.05) is 6.04 Å². The van der Waals surface area contributed by atoms with Gasteiger partial charge in [-0.25, -0.2) is 4.79 Å². The molecule has 1 aliphatic carbocycles. The van der Waals surface area contributed by atoms with Crippen LogP contribution >= 0.6 is 0 Å². The van der Waals surface area contributed by atoms with Gasteiger partial charge in [-0.3, -0.25) is 0 Å². The molecule has 2 rings (SSSR count). The molecule has 94 valence electrons. The summed E-state index contributed by atoms with van der Waals surface area (Å²) in [7, 11) is 0. The van der Waals surface area contributed by atoms with Crippen LogP contribution in [0.1, 0.15) is 37.7 Å². The number of hydrogen-bond donors (Lipinski definition) is 1. The third kappa shape index (κ3) is 3.49. The zero-order chi connectivity index (χ0) is 12.8. The van der Waals surface area contributed by atoms with Crippen LogP contribution in [0.4, 0.5) is 4.79 Å². The average molecular weight is 244 g/mol. The van der Waals surface area contributed by atoms with Crippen molar-refractivity contribution in [2.24, 2.45) is 0 Å². The number of ether oxygens (including phenoxy) is 1. The van der Waals surface area contributed by atoms with Gasteiger partial charge >= 0.3 is 6.09 Å². The summed E-state index contributed by atoms with van der Waals surface area (Å²) in [5.41, 5.74) is 0.484. The molecule has 0 bridgehead atoms. The highest BCUT2D eigenvalue weighted by Crippen LogP contribution is 2.18. The zero-order valence-corrected chi connectivity index (χ0v) is 10.2. The van der Waals surface area contributed by atoms with Crippen molar-refractivity contribution in [3.8, 4) is 11.8 Å². The molecule has 1 aromatic carbocycles. The van der Waals surface area contributed by atoms with E-state index in [0.717, 1.165) is 25.7 Å². The van der Waals surface area contributed by atoms with Crippen molar-refractivity contribution in [2.75, 3.05) is 0 Å². The van der Waals surface area contributed by atoms with Gasteiger partial charge in [0.25, 0.3) is 0 Å². The van der Waals surface area contributed by atoms with Gasteiger partial charge in [0.15, 0.2) is 0 Å². The first kappa shape index (κ1) is 12.4. The summed E-state index contributed by atoms with van der Waals surface area (Å²) >= 11 is 0. The Morgan fingerprint density at radius 1 is 1.33 bits per heavy atom. The van der Waals surface area contributed by atoms with Gasteiger partial charge in [0.05, 0.1) is 11.6 Å². The number of hydrogen-bond acceptors (Lipinski definition) is 3. The summed E-state index contributed by atoms with van der Waals surface area (Å²) < 4.78 is 5.16. The monoisotopic (exact) mass is 244 g/mol. The number of nitrogens with one attached hydrogen (secondary N) is 1. The van der Waals surface area contributed by atoms with Crippen molar-refractivity contribution in [2.45, 2.75) is 38.1 Å². The number of benzene rings is 1. The number of amides is 1. The van der Waals surface area contributed by atoms with Crippen molar-refractivity contribution in [3.63, 3.8) is 0 Å². The maximum Gasteiger partial charge on any atom is 0.412 e. The second-order valence-electron chi connectivity index (χ2n) is 4.51. The Bertz CT molecular complexity index is 459. The van der Waals surface area contributed by atoms with Crippen LogP contribution in [-0.2, 0) is 0 Å². The second-order valence-corrected chi connectivity index (χ2v) is 4.51. The fraction of sp³-hybridized carbons (Fsp3) is 0.429. The molecule has 0 saturated heterocycles. The van der Waals surface area contributed by atoms with E-state index in [-0.39, 0.29) is 6.04 Å². The topological polar surface area (TPSA) is 62.1 Å². The Morgan fingerprint density at radius 3 is 2.83 bits per heavy atom. The van der Waals surface area contributed by atoms with Crippen LogP contribution in [0.2, 0.25) is 0 Å². The normalized spacial score (nSPS) is 15.7. The van der Waals surface area contributed by atoms with E-state index in [1.165, 1.54) is 6.42 Å². The molecule has 1 aliphatic rings. The predicted octanol–water partition coefficient (Wildman–Crippen LogP) is 2.98. The lowest BCUT2D eigenvalue weighted by Crippen LogP contribution is -2.37. The Balaban J connectivity index is 1.88. The molecule has 1 aromatic rings. The molecule has 1 fully saturated rings. The van der Waals surface area contributed by atoms with Crippen LogP contribution < -0.4 is 10.1 Å². The van der Waals surface area contributed by atoms with E-state index >= 15 is 0 Å². The highest BCUT2D eigenvalue weighted by molar-refractivity contribution is 5.70. The smallest absolute Gasteiger partial charge is 0.410 e. The molecule has 1 amide bonds. The van der Waals surface area contributed by atoms with Gasteiger partial charge in [-0.2, -0.15) is 5.26 Å². The van der Waals surface area contributed by atoms with E-state index in [0.29, 0.717) is 11.3 Å². The van der Waals surface area contributed by atoms with E-state index in [2.05, 4.69) is 5.32 Å². The van der Waals surface area contributed by atoms with Crippen molar-refractivity contribution in [1.29, 1.82) is 5.26 Å². The van der Waals surface area contributed by atoms with E-state index in [4.69, 9.17) is 10.00 Å². The molecular weight excluding hydrogens is 228 g/mol. The van der Waals surface area contributed by atoms with E-state index in [1.54, 1.807) is 24.3 Å². The summed E-state index contributed by atoms with van der Waals surface area (Å²) in [4.78, 5) is 11.7. The zero-order valence-electron chi connectivity index (χ0n) is 10.2. The molecular formula is C14H16N2O2. The van der Waals surface area contributed by atoms with Crippen molar-refractivity contribution >= 4 is 6.09 Å². The highest BCUT2D eigenvalue weighted by atomic mass is 16.6. The van der Waals surface area contributed by atoms with Gasteiger partial charge in [-0.15, -0.1) is 0 Å². The first-order valence-corrected chi connectivity index (χ1v) is 6.26. The van der Waals surface area contributed by atoms with Crippen LogP contribution in [0.25, 0.3) is 0 Å². The van der Waals surface area contributed by atoms with Crippen LogP contribution in [0.3, 0.4) is 0 Å². The van der Waals surface area contributed by atoms with Gasteiger partial charge < -0.3 is 10.1 Å². The van der Waals surface area contributed by atoms with E-state index in [9.17, 15) is 4.79 Å². The molecule has 0 radical (unpaired) electrons. The van der Waals surface area contributed by atoms with Crippen molar-refractivity contribution in [3.05, 3.63) is 29.8 Å². The van der Waals surface area contributed by atoms with E-state index < -0.39 is 6.09 Å². The Morgan fingerprint density at radius 2 is 2.11 bits per heavy atom. The van der Waals surface area contributed by atoms with Crippen LogP contribution in [0.5, 0.6) is 5.75 Å². The molecule has 0 spiro atoms. The largest absolute Gasteiger partial charge is 0.412 e. The van der Waals surface area contributed by atoms with Crippen LogP contribution in [0, 0.1) is 11.3 Å². The summed E-state index contributed by atoms with van der Waals surface area (Å²) in [6, 6.07) is 8.83. The molecule has 0 unspecified atom stereocenters. The Kier molecular flexibility index (Phi) is 4.19. The minimum atomic E-state index is -0.433. The SMILES string of the molecule is N#Cc1cccc(OC(=O)NC2CCCCC2)c1. The predicted molar refractivity (Wildman–Crippen MR) is 67.2 cm³/mol. The lowest BCUT2D eigenvalue weighted by atomic mass is 9.96. The average Bonchev–Trinajstić information content (AvgIpc) is 2.40. The van der Waals surface area contributed by atoms with Gasteiger partial charge in [0.2, 0.25) is 0 Å². The van der Waals surface area contributed by atoms with Crippen molar-refractivity contribution in [1.82, 2.24) is 5.32 Å². The third-order valence-corrected chi connectivity index (χ3v) is 3.10. The third-order valence-electron chi connectivity index (χ3n) is 3.10. The fourth-order valence-corrected chi connectivity index (χ4v) is 2.18.